The molecule has 1 amide bonds. The van der Waals surface area contributed by atoms with Crippen molar-refractivity contribution in [1.29, 1.82) is 0 Å². The highest BCUT2D eigenvalue weighted by Crippen LogP contribution is 2.26. The highest BCUT2D eigenvalue weighted by molar-refractivity contribution is 6.33. The number of carbonyl (C=O) groups excluding carboxylic acids is 1. The van der Waals surface area contributed by atoms with Gasteiger partial charge in [0.25, 0.3) is 5.69 Å². The third-order valence-corrected chi connectivity index (χ3v) is 3.21. The number of nitrogens with one attached hydrogen (secondary N) is 1. The van der Waals surface area contributed by atoms with Crippen LogP contribution in [-0.4, -0.2) is 41.7 Å². The molecule has 0 aliphatic carbocycles. The molecule has 1 heterocycles. The minimum absolute atomic E-state index is 0.0579. The summed E-state index contributed by atoms with van der Waals surface area (Å²) >= 11 is 5.95. The molecule has 1 aliphatic heterocycles. The van der Waals surface area contributed by atoms with Crippen LogP contribution >= 0.6 is 11.6 Å². The Hall–Kier alpha value is -2.02. The molecule has 1 saturated heterocycles. The Bertz CT molecular complexity index is 537. The van der Waals surface area contributed by atoms with E-state index < -0.39 is 4.92 Å². The number of rotatable bonds is 5. The topological polar surface area (TPSA) is 84.7 Å². The molecule has 0 radical (unpaired) electrons. The number of non-ortho nitro benzene ring substituents is 1. The maximum atomic E-state index is 11.4. The van der Waals surface area contributed by atoms with Crippen molar-refractivity contribution in [2.75, 3.05) is 25.0 Å². The molecular formula is C12H14ClN3O4. The van der Waals surface area contributed by atoms with Gasteiger partial charge in [0.1, 0.15) is 6.10 Å². The van der Waals surface area contributed by atoms with E-state index in [0.29, 0.717) is 25.3 Å². The summed E-state index contributed by atoms with van der Waals surface area (Å²) in [6, 6.07) is 4.21. The van der Waals surface area contributed by atoms with E-state index in [1.807, 2.05) is 6.92 Å². The Morgan fingerprint density at radius 1 is 1.60 bits per heavy atom. The maximum absolute atomic E-state index is 11.4. The normalized spacial score (nSPS) is 18.0. The van der Waals surface area contributed by atoms with Crippen molar-refractivity contribution >= 4 is 29.1 Å². The van der Waals surface area contributed by atoms with E-state index in [4.69, 9.17) is 16.3 Å². The summed E-state index contributed by atoms with van der Waals surface area (Å²) in [6.45, 7) is 3.36. The first-order chi connectivity index (χ1) is 9.47. The van der Waals surface area contributed by atoms with Crippen LogP contribution in [0.25, 0.3) is 0 Å². The number of benzene rings is 1. The fourth-order valence-electron chi connectivity index (χ4n) is 1.94. The second-order valence-corrected chi connectivity index (χ2v) is 4.90. The van der Waals surface area contributed by atoms with Gasteiger partial charge in [0, 0.05) is 25.2 Å². The third-order valence-electron chi connectivity index (χ3n) is 2.90. The molecule has 2 rings (SSSR count). The molecule has 0 aromatic heterocycles. The van der Waals surface area contributed by atoms with Crippen molar-refractivity contribution < 1.29 is 14.5 Å². The lowest BCUT2D eigenvalue weighted by Gasteiger charge is -2.14. The van der Waals surface area contributed by atoms with Gasteiger partial charge in [0.15, 0.2) is 0 Å². The van der Waals surface area contributed by atoms with Gasteiger partial charge in [0.05, 0.1) is 22.2 Å². The molecule has 0 spiro atoms. The van der Waals surface area contributed by atoms with Gasteiger partial charge < -0.3 is 15.0 Å². The number of halogens is 1. The summed E-state index contributed by atoms with van der Waals surface area (Å²) in [6.07, 6.45) is -0.417. The van der Waals surface area contributed by atoms with E-state index in [2.05, 4.69) is 5.32 Å². The second kappa shape index (κ2) is 5.96. The minimum Gasteiger partial charge on any atom is -0.445 e. The van der Waals surface area contributed by atoms with E-state index >= 15 is 0 Å². The average molecular weight is 300 g/mol. The molecule has 8 heteroatoms. The Labute approximate surface area is 120 Å². The van der Waals surface area contributed by atoms with Crippen molar-refractivity contribution in [2.45, 2.75) is 13.0 Å². The largest absolute Gasteiger partial charge is 0.445 e. The number of cyclic esters (lactones) is 1. The van der Waals surface area contributed by atoms with E-state index in [1.54, 1.807) is 11.0 Å². The zero-order chi connectivity index (χ0) is 14.7. The van der Waals surface area contributed by atoms with Crippen molar-refractivity contribution in [3.8, 4) is 0 Å². The summed E-state index contributed by atoms with van der Waals surface area (Å²) in [5.41, 5.74) is 0.537. The molecule has 0 saturated carbocycles. The SMILES string of the molecule is C[C@@H]1CN(CCNc2ccc([N+](=O)[O-])cc2Cl)C(=O)O1. The molecule has 1 aromatic rings. The van der Waals surface area contributed by atoms with Gasteiger partial charge in [-0.05, 0) is 13.0 Å². The minimum atomic E-state index is -0.503. The highest BCUT2D eigenvalue weighted by atomic mass is 35.5. The number of hydrogen-bond acceptors (Lipinski definition) is 5. The summed E-state index contributed by atoms with van der Waals surface area (Å²) < 4.78 is 5.00. The Balaban J connectivity index is 1.88. The van der Waals surface area contributed by atoms with Crippen LogP contribution in [0.1, 0.15) is 6.92 Å². The van der Waals surface area contributed by atoms with Crippen LogP contribution in [0.3, 0.4) is 0 Å². The van der Waals surface area contributed by atoms with Crippen molar-refractivity contribution in [2.24, 2.45) is 0 Å². The molecule has 1 atom stereocenters. The molecule has 0 unspecified atom stereocenters. The summed E-state index contributed by atoms with van der Waals surface area (Å²) in [4.78, 5) is 23.1. The van der Waals surface area contributed by atoms with Crippen molar-refractivity contribution in [1.82, 2.24) is 4.90 Å². The van der Waals surface area contributed by atoms with E-state index in [1.165, 1.54) is 12.1 Å². The van der Waals surface area contributed by atoms with Crippen LogP contribution in [0.4, 0.5) is 16.2 Å². The molecule has 1 aliphatic rings. The van der Waals surface area contributed by atoms with Crippen LogP contribution in [0.2, 0.25) is 5.02 Å². The van der Waals surface area contributed by atoms with Crippen molar-refractivity contribution in [3.05, 3.63) is 33.3 Å². The molecule has 0 bridgehead atoms. The summed E-state index contributed by atoms with van der Waals surface area (Å²) in [5, 5.41) is 13.9. The first kappa shape index (κ1) is 14.4. The van der Waals surface area contributed by atoms with E-state index in [9.17, 15) is 14.9 Å². The van der Waals surface area contributed by atoms with E-state index in [-0.39, 0.29) is 22.9 Å². The number of hydrogen-bond donors (Lipinski definition) is 1. The predicted octanol–water partition coefficient (Wildman–Crippen LogP) is 2.50. The summed E-state index contributed by atoms with van der Waals surface area (Å²) in [7, 11) is 0. The number of nitro groups is 1. The number of nitro benzene ring substituents is 1. The molecule has 1 N–H and O–H groups in total. The number of ether oxygens (including phenoxy) is 1. The van der Waals surface area contributed by atoms with Gasteiger partial charge in [-0.1, -0.05) is 11.6 Å². The third kappa shape index (κ3) is 3.30. The van der Waals surface area contributed by atoms with Crippen LogP contribution in [0.5, 0.6) is 0 Å². The fourth-order valence-corrected chi connectivity index (χ4v) is 2.18. The second-order valence-electron chi connectivity index (χ2n) is 4.49. The van der Waals surface area contributed by atoms with Crippen LogP contribution < -0.4 is 5.32 Å². The van der Waals surface area contributed by atoms with Gasteiger partial charge in [-0.25, -0.2) is 4.79 Å². The first-order valence-electron chi connectivity index (χ1n) is 6.10. The molecular weight excluding hydrogens is 286 g/mol. The monoisotopic (exact) mass is 299 g/mol. The number of amides is 1. The molecule has 20 heavy (non-hydrogen) atoms. The maximum Gasteiger partial charge on any atom is 0.410 e. The van der Waals surface area contributed by atoms with Gasteiger partial charge in [-0.3, -0.25) is 10.1 Å². The lowest BCUT2D eigenvalue weighted by molar-refractivity contribution is -0.384. The zero-order valence-electron chi connectivity index (χ0n) is 10.8. The average Bonchev–Trinajstić information content (AvgIpc) is 2.69. The number of carbonyl (C=O) groups is 1. The van der Waals surface area contributed by atoms with Gasteiger partial charge in [-0.15, -0.1) is 0 Å². The Kier molecular flexibility index (Phi) is 4.29. The highest BCUT2D eigenvalue weighted by Gasteiger charge is 2.27. The summed E-state index contributed by atoms with van der Waals surface area (Å²) in [5.74, 6) is 0. The van der Waals surface area contributed by atoms with Crippen molar-refractivity contribution in [3.63, 3.8) is 0 Å². The lowest BCUT2D eigenvalue weighted by Crippen LogP contribution is -2.30. The lowest BCUT2D eigenvalue weighted by atomic mass is 10.3. The van der Waals surface area contributed by atoms with Gasteiger partial charge in [-0.2, -0.15) is 0 Å². The Morgan fingerprint density at radius 2 is 2.35 bits per heavy atom. The molecule has 1 fully saturated rings. The molecule has 1 aromatic carbocycles. The smallest absolute Gasteiger partial charge is 0.410 e. The number of nitrogens with zero attached hydrogens (tertiary/aromatic N) is 2. The predicted molar refractivity (Wildman–Crippen MR) is 74.1 cm³/mol. The molecule has 7 nitrogen and oxygen atoms in total. The standard InChI is InChI=1S/C12H14ClN3O4/c1-8-7-15(12(17)20-8)5-4-14-11-3-2-9(16(18)19)6-10(11)13/h2-3,6,8,14H,4-5,7H2,1H3/t8-/m1/s1. The van der Waals surface area contributed by atoms with Crippen LogP contribution in [0.15, 0.2) is 18.2 Å². The zero-order valence-corrected chi connectivity index (χ0v) is 11.6. The number of anilines is 1. The van der Waals surface area contributed by atoms with Crippen LogP contribution in [-0.2, 0) is 4.74 Å². The van der Waals surface area contributed by atoms with Gasteiger partial charge in [0.2, 0.25) is 0 Å². The quantitative estimate of drug-likeness (QED) is 0.667. The molecule has 108 valence electrons. The van der Waals surface area contributed by atoms with E-state index in [0.717, 1.165) is 0 Å². The first-order valence-corrected chi connectivity index (χ1v) is 6.48. The Morgan fingerprint density at radius 3 is 2.90 bits per heavy atom. The van der Waals surface area contributed by atoms with Gasteiger partial charge >= 0.3 is 6.09 Å². The van der Waals surface area contributed by atoms with Crippen LogP contribution in [0, 0.1) is 10.1 Å². The fraction of sp³-hybridized carbons (Fsp3) is 0.417.